The third-order valence-corrected chi connectivity index (χ3v) is 2.31. The highest BCUT2D eigenvalue weighted by atomic mass is 16.4. The van der Waals surface area contributed by atoms with Gasteiger partial charge < -0.3 is 21.1 Å². The largest absolute Gasteiger partial charge is 0.478 e. The normalized spacial score (nSPS) is 10.6. The van der Waals surface area contributed by atoms with E-state index in [9.17, 15) is 14.4 Å². The molecule has 0 aliphatic heterocycles. The lowest BCUT2D eigenvalue weighted by atomic mass is 10.1. The van der Waals surface area contributed by atoms with Crippen molar-refractivity contribution < 1.29 is 19.5 Å². The molecule has 0 aromatic heterocycles. The van der Waals surface area contributed by atoms with Crippen LogP contribution >= 0.6 is 0 Å². The number of carboxylic acids is 1. The Morgan fingerprint density at radius 3 is 2.14 bits per heavy atom. The third-order valence-electron chi connectivity index (χ3n) is 2.31. The molecule has 0 spiro atoms. The lowest BCUT2D eigenvalue weighted by molar-refractivity contribution is -0.121. The maximum atomic E-state index is 11.6. The second-order valence-corrected chi connectivity index (χ2v) is 5.49. The fourth-order valence-electron chi connectivity index (χ4n) is 1.49. The van der Waals surface area contributed by atoms with E-state index in [0.29, 0.717) is 5.69 Å². The Bertz CT molecular complexity index is 532. The van der Waals surface area contributed by atoms with Crippen LogP contribution in [-0.2, 0) is 4.79 Å². The van der Waals surface area contributed by atoms with Crippen molar-refractivity contribution in [1.29, 1.82) is 0 Å². The summed E-state index contributed by atoms with van der Waals surface area (Å²) in [6, 6.07) is 5.16. The summed E-state index contributed by atoms with van der Waals surface area (Å²) in [5.41, 5.74) is 0.210. The number of carbonyl (C=O) groups excluding carboxylic acids is 2. The third kappa shape index (κ3) is 6.42. The molecule has 3 amide bonds. The first kappa shape index (κ1) is 16.5. The van der Waals surface area contributed by atoms with Crippen LogP contribution in [0.15, 0.2) is 24.3 Å². The van der Waals surface area contributed by atoms with Crippen LogP contribution in [0.5, 0.6) is 0 Å². The minimum absolute atomic E-state index is 0.130. The molecule has 0 saturated carbocycles. The number of amides is 3. The summed E-state index contributed by atoms with van der Waals surface area (Å²) in [5, 5.41) is 16.4. The van der Waals surface area contributed by atoms with Crippen LogP contribution in [0, 0.1) is 0 Å². The maximum absolute atomic E-state index is 11.6. The Kier molecular flexibility index (Phi) is 5.29. The molecule has 0 aliphatic carbocycles. The second-order valence-electron chi connectivity index (χ2n) is 5.49. The molecule has 1 aromatic rings. The molecule has 0 fully saturated rings. The van der Waals surface area contributed by atoms with Crippen LogP contribution in [0.4, 0.5) is 10.5 Å². The predicted molar refractivity (Wildman–Crippen MR) is 78.3 cm³/mol. The number of urea groups is 1. The minimum atomic E-state index is -1.04. The predicted octanol–water partition coefficient (Wildman–Crippen LogP) is 1.42. The Hall–Kier alpha value is -2.57. The fourth-order valence-corrected chi connectivity index (χ4v) is 1.49. The molecule has 114 valence electrons. The Morgan fingerprint density at radius 2 is 1.67 bits per heavy atom. The molecule has 0 heterocycles. The maximum Gasteiger partial charge on any atom is 0.335 e. The summed E-state index contributed by atoms with van der Waals surface area (Å²) in [5.74, 6) is -1.33. The SMILES string of the molecule is CC(C)(C)NC(=O)CNC(=O)Nc1ccc(C(=O)O)cc1. The molecule has 21 heavy (non-hydrogen) atoms. The number of nitrogens with one attached hydrogen (secondary N) is 3. The van der Waals surface area contributed by atoms with Crippen LogP contribution in [0.25, 0.3) is 0 Å². The summed E-state index contributed by atoms with van der Waals surface area (Å²) in [7, 11) is 0. The van der Waals surface area contributed by atoms with E-state index in [1.54, 1.807) is 0 Å². The van der Waals surface area contributed by atoms with Gasteiger partial charge in [0, 0.05) is 11.2 Å². The van der Waals surface area contributed by atoms with Gasteiger partial charge in [0.15, 0.2) is 0 Å². The molecule has 0 radical (unpaired) electrons. The first-order valence-corrected chi connectivity index (χ1v) is 6.36. The summed E-state index contributed by atoms with van der Waals surface area (Å²) in [6.45, 7) is 5.38. The number of aromatic carboxylic acids is 1. The number of hydrogen-bond donors (Lipinski definition) is 4. The molecular weight excluding hydrogens is 274 g/mol. The smallest absolute Gasteiger partial charge is 0.335 e. The summed E-state index contributed by atoms with van der Waals surface area (Å²) < 4.78 is 0. The fraction of sp³-hybridized carbons (Fsp3) is 0.357. The second kappa shape index (κ2) is 6.74. The Morgan fingerprint density at radius 1 is 1.10 bits per heavy atom. The van der Waals surface area contributed by atoms with E-state index >= 15 is 0 Å². The van der Waals surface area contributed by atoms with Crippen molar-refractivity contribution in [2.75, 3.05) is 11.9 Å². The quantitative estimate of drug-likeness (QED) is 0.673. The van der Waals surface area contributed by atoms with Gasteiger partial charge in [0.1, 0.15) is 0 Å². The topological polar surface area (TPSA) is 108 Å². The number of benzene rings is 1. The molecule has 0 atom stereocenters. The zero-order valence-electron chi connectivity index (χ0n) is 12.2. The van der Waals surface area contributed by atoms with Crippen molar-refractivity contribution in [3.8, 4) is 0 Å². The van der Waals surface area contributed by atoms with Gasteiger partial charge in [-0.1, -0.05) is 0 Å². The molecule has 7 heteroatoms. The summed E-state index contributed by atoms with van der Waals surface area (Å²) in [4.78, 5) is 33.8. The first-order chi connectivity index (χ1) is 9.67. The van der Waals surface area contributed by atoms with Crippen LogP contribution in [0.2, 0.25) is 0 Å². The van der Waals surface area contributed by atoms with Crippen molar-refractivity contribution in [2.24, 2.45) is 0 Å². The molecule has 1 aromatic carbocycles. The summed E-state index contributed by atoms with van der Waals surface area (Å²) >= 11 is 0. The van der Waals surface area contributed by atoms with E-state index in [4.69, 9.17) is 5.11 Å². The van der Waals surface area contributed by atoms with Crippen molar-refractivity contribution in [3.05, 3.63) is 29.8 Å². The van der Waals surface area contributed by atoms with Gasteiger partial charge in [-0.05, 0) is 45.0 Å². The number of anilines is 1. The van der Waals surface area contributed by atoms with Crippen molar-refractivity contribution in [2.45, 2.75) is 26.3 Å². The van der Waals surface area contributed by atoms with E-state index in [1.165, 1.54) is 24.3 Å². The monoisotopic (exact) mass is 293 g/mol. The number of carboxylic acid groups (broad SMARTS) is 1. The highest BCUT2D eigenvalue weighted by Gasteiger charge is 2.14. The van der Waals surface area contributed by atoms with Gasteiger partial charge in [-0.15, -0.1) is 0 Å². The highest BCUT2D eigenvalue weighted by molar-refractivity contribution is 5.93. The van der Waals surface area contributed by atoms with Gasteiger partial charge in [0.2, 0.25) is 5.91 Å². The van der Waals surface area contributed by atoms with Crippen molar-refractivity contribution >= 4 is 23.6 Å². The van der Waals surface area contributed by atoms with Crippen molar-refractivity contribution in [1.82, 2.24) is 10.6 Å². The molecular formula is C14H19N3O4. The van der Waals surface area contributed by atoms with Crippen LogP contribution in [0.3, 0.4) is 0 Å². The van der Waals surface area contributed by atoms with Gasteiger partial charge in [0.05, 0.1) is 12.1 Å². The molecule has 0 unspecified atom stereocenters. The zero-order valence-corrected chi connectivity index (χ0v) is 12.2. The van der Waals surface area contributed by atoms with Gasteiger partial charge >= 0.3 is 12.0 Å². The molecule has 1 rings (SSSR count). The molecule has 4 N–H and O–H groups in total. The van der Waals surface area contributed by atoms with Crippen LogP contribution < -0.4 is 16.0 Å². The van der Waals surface area contributed by atoms with Gasteiger partial charge in [0.25, 0.3) is 0 Å². The average Bonchev–Trinajstić information content (AvgIpc) is 2.35. The number of hydrogen-bond acceptors (Lipinski definition) is 3. The van der Waals surface area contributed by atoms with Crippen LogP contribution in [0.1, 0.15) is 31.1 Å². The molecule has 7 nitrogen and oxygen atoms in total. The Labute approximate surface area is 122 Å². The zero-order chi connectivity index (χ0) is 16.0. The van der Waals surface area contributed by atoms with E-state index < -0.39 is 12.0 Å². The van der Waals surface area contributed by atoms with Gasteiger partial charge in [-0.3, -0.25) is 4.79 Å². The first-order valence-electron chi connectivity index (χ1n) is 6.36. The van der Waals surface area contributed by atoms with Gasteiger partial charge in [-0.2, -0.15) is 0 Å². The lowest BCUT2D eigenvalue weighted by Crippen LogP contribution is -2.46. The Balaban J connectivity index is 2.43. The van der Waals surface area contributed by atoms with Gasteiger partial charge in [-0.25, -0.2) is 9.59 Å². The van der Waals surface area contributed by atoms with Crippen molar-refractivity contribution in [3.63, 3.8) is 0 Å². The lowest BCUT2D eigenvalue weighted by Gasteiger charge is -2.20. The van der Waals surface area contributed by atoms with E-state index in [1.807, 2.05) is 20.8 Å². The molecule has 0 saturated heterocycles. The van der Waals surface area contributed by atoms with E-state index in [2.05, 4.69) is 16.0 Å². The standard InChI is InChI=1S/C14H19N3O4/c1-14(2,3)17-11(18)8-15-13(21)16-10-6-4-9(5-7-10)12(19)20/h4-7H,8H2,1-3H3,(H,17,18)(H,19,20)(H2,15,16,21). The molecule has 0 bridgehead atoms. The van der Waals surface area contributed by atoms with Crippen LogP contribution in [-0.4, -0.2) is 35.1 Å². The van der Waals surface area contributed by atoms with E-state index in [-0.39, 0.29) is 23.6 Å². The number of rotatable bonds is 4. The van der Waals surface area contributed by atoms with E-state index in [0.717, 1.165) is 0 Å². The molecule has 0 aliphatic rings. The average molecular weight is 293 g/mol. The summed E-state index contributed by atoms with van der Waals surface area (Å²) in [6.07, 6.45) is 0. The minimum Gasteiger partial charge on any atom is -0.478 e. The number of carbonyl (C=O) groups is 3. The highest BCUT2D eigenvalue weighted by Crippen LogP contribution is 2.09.